The van der Waals surface area contributed by atoms with Crippen molar-refractivity contribution in [2.45, 2.75) is 6.92 Å². The fourth-order valence-corrected chi connectivity index (χ4v) is 3.87. The van der Waals surface area contributed by atoms with Crippen LogP contribution in [0.2, 0.25) is 5.02 Å². The predicted molar refractivity (Wildman–Crippen MR) is 101 cm³/mol. The van der Waals surface area contributed by atoms with E-state index in [-0.39, 0.29) is 0 Å². The molecule has 0 bridgehead atoms. The fraction of sp³-hybridized carbons (Fsp3) is 0.263. The number of anilines is 1. The Kier molecular flexibility index (Phi) is 3.33. The monoisotopic (exact) mass is 352 g/mol. The van der Waals surface area contributed by atoms with Gasteiger partial charge in [-0.15, -0.1) is 0 Å². The summed E-state index contributed by atoms with van der Waals surface area (Å²) in [5.41, 5.74) is 4.73. The van der Waals surface area contributed by atoms with E-state index in [1.54, 1.807) is 0 Å². The standard InChI is InChI=1S/C19H17ClN4O/c1-12-13-4-2-3-5-14(13)19-21-16-10-15(20)17(11-18(16)24(19)22-12)23-6-8-25-9-7-23/h2-5,10-11H,6-9H2,1H3. The van der Waals surface area contributed by atoms with Crippen molar-refractivity contribution in [2.24, 2.45) is 0 Å². The summed E-state index contributed by atoms with van der Waals surface area (Å²) in [5, 5.41) is 7.73. The number of benzene rings is 2. The van der Waals surface area contributed by atoms with Gasteiger partial charge < -0.3 is 9.64 Å². The Morgan fingerprint density at radius 2 is 1.84 bits per heavy atom. The highest BCUT2D eigenvalue weighted by Crippen LogP contribution is 2.33. The third-order valence-electron chi connectivity index (χ3n) is 4.86. The lowest BCUT2D eigenvalue weighted by atomic mass is 10.1. The van der Waals surface area contributed by atoms with Crippen LogP contribution in [0.15, 0.2) is 36.4 Å². The van der Waals surface area contributed by atoms with Crippen molar-refractivity contribution >= 4 is 44.7 Å². The Morgan fingerprint density at radius 3 is 2.64 bits per heavy atom. The highest BCUT2D eigenvalue weighted by atomic mass is 35.5. The maximum Gasteiger partial charge on any atom is 0.162 e. The van der Waals surface area contributed by atoms with Gasteiger partial charge >= 0.3 is 0 Å². The number of morpholine rings is 1. The van der Waals surface area contributed by atoms with E-state index in [1.165, 1.54) is 0 Å². The molecule has 1 aliphatic rings. The Balaban J connectivity index is 1.81. The first-order valence-corrected chi connectivity index (χ1v) is 8.80. The second kappa shape index (κ2) is 5.58. The summed E-state index contributed by atoms with van der Waals surface area (Å²) in [4.78, 5) is 7.07. The SMILES string of the molecule is Cc1nn2c3cc(N4CCOCC4)c(Cl)cc3nc2c2ccccc12. The molecule has 6 heteroatoms. The van der Waals surface area contributed by atoms with Gasteiger partial charge in [0.15, 0.2) is 5.65 Å². The van der Waals surface area contributed by atoms with E-state index in [1.807, 2.05) is 29.6 Å². The summed E-state index contributed by atoms with van der Waals surface area (Å²) in [6.45, 7) is 5.17. The second-order valence-electron chi connectivity index (χ2n) is 6.37. The van der Waals surface area contributed by atoms with Crippen molar-refractivity contribution in [3.63, 3.8) is 0 Å². The lowest BCUT2D eigenvalue weighted by Gasteiger charge is -2.29. The predicted octanol–water partition coefficient (Wildman–Crippen LogP) is 3.83. The van der Waals surface area contributed by atoms with Gasteiger partial charge in [-0.1, -0.05) is 35.9 Å². The third kappa shape index (κ3) is 2.27. The summed E-state index contributed by atoms with van der Waals surface area (Å²) in [5.74, 6) is 0. The van der Waals surface area contributed by atoms with Gasteiger partial charge in [0.05, 0.1) is 40.7 Å². The minimum atomic E-state index is 0.721. The lowest BCUT2D eigenvalue weighted by Crippen LogP contribution is -2.36. The first kappa shape index (κ1) is 14.9. The molecule has 2 aromatic heterocycles. The van der Waals surface area contributed by atoms with Crippen LogP contribution in [0.1, 0.15) is 5.69 Å². The summed E-state index contributed by atoms with van der Waals surface area (Å²) in [7, 11) is 0. The van der Waals surface area contributed by atoms with Crippen LogP contribution in [0, 0.1) is 6.92 Å². The van der Waals surface area contributed by atoms with Gasteiger partial charge in [-0.3, -0.25) is 0 Å². The highest BCUT2D eigenvalue weighted by Gasteiger charge is 2.18. The molecule has 5 rings (SSSR count). The van der Waals surface area contributed by atoms with Crippen molar-refractivity contribution in [2.75, 3.05) is 31.2 Å². The number of rotatable bonds is 1. The number of hydrogen-bond acceptors (Lipinski definition) is 4. The molecule has 0 radical (unpaired) electrons. The fourth-order valence-electron chi connectivity index (χ4n) is 3.59. The van der Waals surface area contributed by atoms with Crippen molar-refractivity contribution in [3.8, 4) is 0 Å². The van der Waals surface area contributed by atoms with Gasteiger partial charge in [-0.2, -0.15) is 5.10 Å². The number of fused-ring (bicyclic) bond motifs is 5. The minimum absolute atomic E-state index is 0.721. The Hall–Kier alpha value is -2.37. The van der Waals surface area contributed by atoms with Crippen molar-refractivity contribution in [1.82, 2.24) is 14.6 Å². The molecule has 1 aliphatic heterocycles. The lowest BCUT2D eigenvalue weighted by molar-refractivity contribution is 0.122. The van der Waals surface area contributed by atoms with Crippen LogP contribution in [0.5, 0.6) is 0 Å². The number of halogens is 1. The van der Waals surface area contributed by atoms with E-state index in [2.05, 4.69) is 23.1 Å². The first-order chi connectivity index (χ1) is 12.2. The van der Waals surface area contributed by atoms with Crippen LogP contribution in [-0.2, 0) is 4.74 Å². The molecule has 4 aromatic rings. The van der Waals surface area contributed by atoms with Gasteiger partial charge in [0.1, 0.15) is 0 Å². The van der Waals surface area contributed by atoms with Crippen LogP contribution in [-0.4, -0.2) is 40.9 Å². The molecule has 126 valence electrons. The average Bonchev–Trinajstić information content (AvgIpc) is 2.99. The molecule has 0 spiro atoms. The molecule has 1 saturated heterocycles. The molecule has 1 fully saturated rings. The smallest absolute Gasteiger partial charge is 0.162 e. The number of hydrogen-bond donors (Lipinski definition) is 0. The zero-order chi connectivity index (χ0) is 17.0. The number of aryl methyl sites for hydroxylation is 1. The van der Waals surface area contributed by atoms with Crippen molar-refractivity contribution in [3.05, 3.63) is 47.1 Å². The van der Waals surface area contributed by atoms with E-state index < -0.39 is 0 Å². The number of imidazole rings is 1. The van der Waals surface area contributed by atoms with Gasteiger partial charge in [0, 0.05) is 23.9 Å². The molecule has 5 nitrogen and oxygen atoms in total. The minimum Gasteiger partial charge on any atom is -0.378 e. The molecule has 0 saturated carbocycles. The van der Waals surface area contributed by atoms with Crippen LogP contribution < -0.4 is 4.90 Å². The number of nitrogens with zero attached hydrogens (tertiary/aromatic N) is 4. The molecule has 0 N–H and O–H groups in total. The van der Waals surface area contributed by atoms with Crippen molar-refractivity contribution in [1.29, 1.82) is 0 Å². The molecule has 25 heavy (non-hydrogen) atoms. The Morgan fingerprint density at radius 1 is 1.08 bits per heavy atom. The average molecular weight is 353 g/mol. The normalized spacial score (nSPS) is 15.5. The van der Waals surface area contributed by atoms with Crippen LogP contribution in [0.3, 0.4) is 0 Å². The topological polar surface area (TPSA) is 42.7 Å². The summed E-state index contributed by atoms with van der Waals surface area (Å²) >= 11 is 6.56. The molecule has 0 atom stereocenters. The van der Waals surface area contributed by atoms with Gasteiger partial charge in [0.2, 0.25) is 0 Å². The highest BCUT2D eigenvalue weighted by molar-refractivity contribution is 6.34. The molecule has 3 heterocycles. The van der Waals surface area contributed by atoms with Gasteiger partial charge in [-0.05, 0) is 19.1 Å². The van der Waals surface area contributed by atoms with Crippen LogP contribution >= 0.6 is 11.6 Å². The number of ether oxygens (including phenoxy) is 1. The summed E-state index contributed by atoms with van der Waals surface area (Å²) in [6, 6.07) is 12.3. The van der Waals surface area contributed by atoms with Crippen LogP contribution in [0.25, 0.3) is 27.5 Å². The first-order valence-electron chi connectivity index (χ1n) is 8.42. The largest absolute Gasteiger partial charge is 0.378 e. The quantitative estimate of drug-likeness (QED) is 0.522. The zero-order valence-corrected chi connectivity index (χ0v) is 14.6. The van der Waals surface area contributed by atoms with E-state index in [9.17, 15) is 0 Å². The molecule has 2 aromatic carbocycles. The molecule has 0 aliphatic carbocycles. The maximum absolute atomic E-state index is 6.56. The maximum atomic E-state index is 6.56. The van der Waals surface area contributed by atoms with E-state index in [0.717, 1.165) is 70.2 Å². The Labute approximate surface area is 149 Å². The zero-order valence-electron chi connectivity index (χ0n) is 13.9. The Bertz CT molecular complexity index is 1110. The van der Waals surface area contributed by atoms with Gasteiger partial charge in [0.25, 0.3) is 0 Å². The molecular weight excluding hydrogens is 336 g/mol. The summed E-state index contributed by atoms with van der Waals surface area (Å²) in [6.07, 6.45) is 0. The third-order valence-corrected chi connectivity index (χ3v) is 5.16. The van der Waals surface area contributed by atoms with E-state index in [0.29, 0.717) is 0 Å². The molecule has 0 amide bonds. The molecule has 0 unspecified atom stereocenters. The summed E-state index contributed by atoms with van der Waals surface area (Å²) < 4.78 is 7.39. The van der Waals surface area contributed by atoms with Crippen LogP contribution in [0.4, 0.5) is 5.69 Å². The number of aromatic nitrogens is 3. The second-order valence-corrected chi connectivity index (χ2v) is 6.78. The van der Waals surface area contributed by atoms with Gasteiger partial charge in [-0.25, -0.2) is 9.50 Å². The van der Waals surface area contributed by atoms with E-state index >= 15 is 0 Å². The molecular formula is C19H17ClN4O. The van der Waals surface area contributed by atoms with E-state index in [4.69, 9.17) is 26.4 Å². The van der Waals surface area contributed by atoms with Crippen molar-refractivity contribution < 1.29 is 4.74 Å².